The van der Waals surface area contributed by atoms with E-state index in [0.717, 1.165) is 5.56 Å². The van der Waals surface area contributed by atoms with Gasteiger partial charge in [0.2, 0.25) is 0 Å². The summed E-state index contributed by atoms with van der Waals surface area (Å²) in [4.78, 5) is 0. The average molecular weight is 242 g/mol. The summed E-state index contributed by atoms with van der Waals surface area (Å²) < 4.78 is 0. The molecule has 0 spiro atoms. The van der Waals surface area contributed by atoms with Gasteiger partial charge in [-0.3, -0.25) is 0 Å². The van der Waals surface area contributed by atoms with Crippen LogP contribution in [0.3, 0.4) is 0 Å². The van der Waals surface area contributed by atoms with Crippen molar-refractivity contribution in [1.29, 1.82) is 0 Å². The largest absolute Gasteiger partial charge is 0.387 e. The SMILES string of the molecule is CC(C)C(C)NCC(O)c1ccc(Cl)cc1. The molecule has 0 fully saturated rings. The van der Waals surface area contributed by atoms with Gasteiger partial charge in [-0.2, -0.15) is 0 Å². The van der Waals surface area contributed by atoms with Crippen LogP contribution in [-0.2, 0) is 0 Å². The number of halogens is 1. The molecule has 2 atom stereocenters. The van der Waals surface area contributed by atoms with Gasteiger partial charge in [0.1, 0.15) is 0 Å². The lowest BCUT2D eigenvalue weighted by atomic mass is 10.1. The molecule has 0 aliphatic carbocycles. The Balaban J connectivity index is 2.46. The van der Waals surface area contributed by atoms with Gasteiger partial charge in [0.15, 0.2) is 0 Å². The van der Waals surface area contributed by atoms with Crippen molar-refractivity contribution in [2.45, 2.75) is 32.9 Å². The standard InChI is InChI=1S/C13H20ClNO/c1-9(2)10(3)15-8-13(16)11-4-6-12(14)7-5-11/h4-7,9-10,13,15-16H,8H2,1-3H3. The Labute approximate surface area is 103 Å². The average Bonchev–Trinajstić information content (AvgIpc) is 2.26. The van der Waals surface area contributed by atoms with E-state index in [-0.39, 0.29) is 0 Å². The number of nitrogens with one attached hydrogen (secondary N) is 1. The van der Waals surface area contributed by atoms with Crippen molar-refractivity contribution < 1.29 is 5.11 Å². The molecule has 90 valence electrons. The van der Waals surface area contributed by atoms with E-state index in [1.165, 1.54) is 0 Å². The van der Waals surface area contributed by atoms with Crippen LogP contribution in [0.1, 0.15) is 32.4 Å². The fourth-order valence-corrected chi connectivity index (χ4v) is 1.46. The maximum atomic E-state index is 9.94. The first kappa shape index (κ1) is 13.5. The van der Waals surface area contributed by atoms with Gasteiger partial charge in [-0.05, 0) is 30.5 Å². The van der Waals surface area contributed by atoms with E-state index in [4.69, 9.17) is 11.6 Å². The van der Waals surface area contributed by atoms with Crippen molar-refractivity contribution in [3.8, 4) is 0 Å². The Kier molecular flexibility index (Phi) is 5.26. The number of aliphatic hydroxyl groups excluding tert-OH is 1. The molecule has 0 aliphatic heterocycles. The quantitative estimate of drug-likeness (QED) is 0.831. The van der Waals surface area contributed by atoms with Gasteiger partial charge < -0.3 is 10.4 Å². The Bertz CT molecular complexity index is 310. The monoisotopic (exact) mass is 241 g/mol. The molecule has 1 aromatic carbocycles. The van der Waals surface area contributed by atoms with E-state index >= 15 is 0 Å². The predicted molar refractivity (Wildman–Crippen MR) is 68.7 cm³/mol. The van der Waals surface area contributed by atoms with Crippen molar-refractivity contribution in [2.24, 2.45) is 5.92 Å². The van der Waals surface area contributed by atoms with Crippen LogP contribution >= 0.6 is 11.6 Å². The molecule has 2 unspecified atom stereocenters. The normalized spacial score (nSPS) is 15.1. The van der Waals surface area contributed by atoms with Crippen LogP contribution in [0.15, 0.2) is 24.3 Å². The zero-order chi connectivity index (χ0) is 12.1. The highest BCUT2D eigenvalue weighted by molar-refractivity contribution is 6.30. The second-order valence-corrected chi connectivity index (χ2v) is 4.94. The number of hydrogen-bond donors (Lipinski definition) is 2. The maximum Gasteiger partial charge on any atom is 0.0914 e. The van der Waals surface area contributed by atoms with Gasteiger partial charge in [-0.1, -0.05) is 37.6 Å². The summed E-state index contributed by atoms with van der Waals surface area (Å²) in [6.07, 6.45) is -0.474. The molecule has 0 aromatic heterocycles. The van der Waals surface area contributed by atoms with Crippen LogP contribution in [0.25, 0.3) is 0 Å². The van der Waals surface area contributed by atoms with Crippen LogP contribution in [-0.4, -0.2) is 17.7 Å². The number of aliphatic hydroxyl groups is 1. The number of rotatable bonds is 5. The highest BCUT2D eigenvalue weighted by Crippen LogP contribution is 2.16. The van der Waals surface area contributed by atoms with Crippen LogP contribution in [0.4, 0.5) is 0 Å². The van der Waals surface area contributed by atoms with Crippen LogP contribution in [0.2, 0.25) is 5.02 Å². The van der Waals surface area contributed by atoms with Gasteiger partial charge >= 0.3 is 0 Å². The summed E-state index contributed by atoms with van der Waals surface area (Å²) in [5.74, 6) is 0.567. The Hall–Kier alpha value is -0.570. The Morgan fingerprint density at radius 1 is 1.19 bits per heavy atom. The number of benzene rings is 1. The predicted octanol–water partition coefficient (Wildman–Crippen LogP) is 3.01. The summed E-state index contributed by atoms with van der Waals surface area (Å²) in [6, 6.07) is 7.71. The third-order valence-electron chi connectivity index (χ3n) is 2.89. The Morgan fingerprint density at radius 2 is 1.75 bits per heavy atom. The van der Waals surface area contributed by atoms with Crippen molar-refractivity contribution >= 4 is 11.6 Å². The highest BCUT2D eigenvalue weighted by Gasteiger charge is 2.11. The third-order valence-corrected chi connectivity index (χ3v) is 3.14. The molecule has 0 heterocycles. The summed E-state index contributed by atoms with van der Waals surface area (Å²) in [6.45, 7) is 7.01. The first-order valence-corrected chi connectivity index (χ1v) is 6.05. The van der Waals surface area contributed by atoms with E-state index in [1.54, 1.807) is 12.1 Å². The molecular weight excluding hydrogens is 222 g/mol. The minimum Gasteiger partial charge on any atom is -0.387 e. The first-order valence-electron chi connectivity index (χ1n) is 5.67. The maximum absolute atomic E-state index is 9.94. The second-order valence-electron chi connectivity index (χ2n) is 4.51. The lowest BCUT2D eigenvalue weighted by molar-refractivity contribution is 0.167. The van der Waals surface area contributed by atoms with Gasteiger partial charge in [0.05, 0.1) is 6.10 Å². The zero-order valence-corrected chi connectivity index (χ0v) is 10.8. The van der Waals surface area contributed by atoms with Crippen molar-refractivity contribution in [3.63, 3.8) is 0 Å². The van der Waals surface area contributed by atoms with E-state index in [9.17, 15) is 5.11 Å². The highest BCUT2D eigenvalue weighted by atomic mass is 35.5. The molecule has 0 radical (unpaired) electrons. The molecule has 0 saturated carbocycles. The van der Waals surface area contributed by atoms with Gasteiger partial charge in [-0.25, -0.2) is 0 Å². The fraction of sp³-hybridized carbons (Fsp3) is 0.538. The molecule has 2 nitrogen and oxygen atoms in total. The molecule has 16 heavy (non-hydrogen) atoms. The molecular formula is C13H20ClNO. The van der Waals surface area contributed by atoms with Crippen LogP contribution in [0.5, 0.6) is 0 Å². The van der Waals surface area contributed by atoms with E-state index < -0.39 is 6.10 Å². The van der Waals surface area contributed by atoms with Crippen molar-refractivity contribution in [1.82, 2.24) is 5.32 Å². The molecule has 0 amide bonds. The molecule has 0 saturated heterocycles. The summed E-state index contributed by atoms with van der Waals surface area (Å²) >= 11 is 5.79. The van der Waals surface area contributed by atoms with Crippen molar-refractivity contribution in [2.75, 3.05) is 6.54 Å². The minimum atomic E-state index is -0.474. The molecule has 2 N–H and O–H groups in total. The van der Waals surface area contributed by atoms with Crippen LogP contribution in [0, 0.1) is 5.92 Å². The Morgan fingerprint density at radius 3 is 2.25 bits per heavy atom. The van der Waals surface area contributed by atoms with E-state index in [2.05, 4.69) is 26.1 Å². The molecule has 0 bridgehead atoms. The second kappa shape index (κ2) is 6.24. The smallest absolute Gasteiger partial charge is 0.0914 e. The van der Waals surface area contributed by atoms with Gasteiger partial charge in [0.25, 0.3) is 0 Å². The molecule has 0 aliphatic rings. The first-order chi connectivity index (χ1) is 7.50. The topological polar surface area (TPSA) is 32.3 Å². The van der Waals surface area contributed by atoms with Crippen molar-refractivity contribution in [3.05, 3.63) is 34.9 Å². The number of hydrogen-bond acceptors (Lipinski definition) is 2. The van der Waals surface area contributed by atoms with Crippen LogP contribution < -0.4 is 5.32 Å². The lowest BCUT2D eigenvalue weighted by Crippen LogP contribution is -2.34. The minimum absolute atomic E-state index is 0.405. The molecule has 1 aromatic rings. The summed E-state index contributed by atoms with van der Waals surface area (Å²) in [7, 11) is 0. The van der Waals surface area contributed by atoms with Gasteiger partial charge in [0, 0.05) is 17.6 Å². The zero-order valence-electron chi connectivity index (χ0n) is 10.1. The lowest BCUT2D eigenvalue weighted by Gasteiger charge is -2.20. The van der Waals surface area contributed by atoms with E-state index in [0.29, 0.717) is 23.5 Å². The van der Waals surface area contributed by atoms with E-state index in [1.807, 2.05) is 12.1 Å². The fourth-order valence-electron chi connectivity index (χ4n) is 1.34. The molecule has 3 heteroatoms. The third kappa shape index (κ3) is 4.12. The summed E-state index contributed by atoms with van der Waals surface area (Å²) in [5, 5.41) is 13.9. The van der Waals surface area contributed by atoms with Gasteiger partial charge in [-0.15, -0.1) is 0 Å². The molecule has 1 rings (SSSR count). The summed E-state index contributed by atoms with van der Waals surface area (Å²) in [5.41, 5.74) is 0.896.